The van der Waals surface area contributed by atoms with Gasteiger partial charge in [0.1, 0.15) is 11.6 Å². The standard InChI is InChI=1S/C13H12ClN3O2S/c1-17-13-8(5-15-17)12(20-6-11(19)16-13)7-2-3-10(18)9(14)4-7/h2-5,12,18H,6H2,1H3,(H,16,19)/t12-/m1/s1. The number of phenolic OH excluding ortho intramolecular Hbond substituents is 1. The molecular formula is C13H12ClN3O2S. The van der Waals surface area contributed by atoms with Crippen molar-refractivity contribution in [1.82, 2.24) is 9.78 Å². The highest BCUT2D eigenvalue weighted by Crippen LogP contribution is 2.42. The van der Waals surface area contributed by atoms with Crippen LogP contribution in [-0.4, -0.2) is 26.5 Å². The number of benzene rings is 1. The van der Waals surface area contributed by atoms with Crippen LogP contribution in [0, 0.1) is 0 Å². The van der Waals surface area contributed by atoms with Crippen LogP contribution in [-0.2, 0) is 11.8 Å². The third kappa shape index (κ3) is 2.25. The maximum atomic E-state index is 11.8. The number of thioether (sulfide) groups is 1. The van der Waals surface area contributed by atoms with E-state index in [0.29, 0.717) is 16.6 Å². The van der Waals surface area contributed by atoms with Gasteiger partial charge in [0.05, 0.1) is 22.2 Å². The summed E-state index contributed by atoms with van der Waals surface area (Å²) in [4.78, 5) is 11.8. The van der Waals surface area contributed by atoms with Crippen LogP contribution in [0.25, 0.3) is 0 Å². The summed E-state index contributed by atoms with van der Waals surface area (Å²) in [5, 5.41) is 16.8. The van der Waals surface area contributed by atoms with Gasteiger partial charge in [-0.25, -0.2) is 0 Å². The van der Waals surface area contributed by atoms with Crippen molar-refractivity contribution < 1.29 is 9.90 Å². The van der Waals surface area contributed by atoms with Crippen LogP contribution < -0.4 is 5.32 Å². The number of aromatic nitrogens is 2. The first-order chi connectivity index (χ1) is 9.56. The molecule has 7 heteroatoms. The SMILES string of the molecule is Cn1ncc2c1NC(=O)CS[C@@H]2c1ccc(O)c(Cl)c1. The minimum Gasteiger partial charge on any atom is -0.506 e. The van der Waals surface area contributed by atoms with E-state index in [1.165, 1.54) is 11.8 Å². The van der Waals surface area contributed by atoms with Crippen molar-refractivity contribution in [3.63, 3.8) is 0 Å². The fourth-order valence-electron chi connectivity index (χ4n) is 2.18. The molecule has 1 aromatic carbocycles. The fourth-order valence-corrected chi connectivity index (χ4v) is 3.45. The van der Waals surface area contributed by atoms with Gasteiger partial charge in [0.25, 0.3) is 0 Å². The second-order valence-corrected chi connectivity index (χ2v) is 6.02. The molecule has 3 rings (SSSR count). The predicted molar refractivity (Wildman–Crippen MR) is 79.3 cm³/mol. The molecule has 0 saturated heterocycles. The second kappa shape index (κ2) is 5.03. The summed E-state index contributed by atoms with van der Waals surface area (Å²) in [5.41, 5.74) is 1.87. The number of amides is 1. The lowest BCUT2D eigenvalue weighted by atomic mass is 10.1. The molecule has 104 valence electrons. The van der Waals surface area contributed by atoms with Crippen molar-refractivity contribution in [3.05, 3.63) is 40.5 Å². The van der Waals surface area contributed by atoms with Crippen LogP contribution in [0.4, 0.5) is 5.82 Å². The molecule has 5 nitrogen and oxygen atoms in total. The molecule has 0 unspecified atom stereocenters. The Bertz CT molecular complexity index is 686. The van der Waals surface area contributed by atoms with Crippen molar-refractivity contribution in [2.45, 2.75) is 5.25 Å². The molecule has 1 amide bonds. The molecule has 0 bridgehead atoms. The Morgan fingerprint density at radius 1 is 1.55 bits per heavy atom. The third-order valence-corrected chi connectivity index (χ3v) is 4.75. The molecule has 2 aromatic rings. The van der Waals surface area contributed by atoms with E-state index in [4.69, 9.17) is 11.6 Å². The number of hydrogen-bond donors (Lipinski definition) is 2. The highest BCUT2D eigenvalue weighted by atomic mass is 35.5. The van der Waals surface area contributed by atoms with Gasteiger partial charge in [0.15, 0.2) is 0 Å². The lowest BCUT2D eigenvalue weighted by Gasteiger charge is -2.14. The van der Waals surface area contributed by atoms with Gasteiger partial charge in [-0.2, -0.15) is 5.10 Å². The van der Waals surface area contributed by atoms with E-state index in [-0.39, 0.29) is 16.9 Å². The zero-order valence-electron chi connectivity index (χ0n) is 10.6. The number of nitrogens with zero attached hydrogens (tertiary/aromatic N) is 2. The number of carbonyl (C=O) groups excluding carboxylic acids is 1. The van der Waals surface area contributed by atoms with Crippen molar-refractivity contribution >= 4 is 35.1 Å². The topological polar surface area (TPSA) is 67.2 Å². The van der Waals surface area contributed by atoms with E-state index in [1.807, 2.05) is 6.07 Å². The molecule has 0 spiro atoms. The molecule has 1 aliphatic rings. The molecule has 0 fully saturated rings. The Labute approximate surface area is 124 Å². The molecule has 20 heavy (non-hydrogen) atoms. The van der Waals surface area contributed by atoms with E-state index in [9.17, 15) is 9.90 Å². The summed E-state index contributed by atoms with van der Waals surface area (Å²) in [6.45, 7) is 0. The normalized spacial score (nSPS) is 18.3. The average molecular weight is 310 g/mol. The summed E-state index contributed by atoms with van der Waals surface area (Å²) in [7, 11) is 1.79. The number of halogens is 1. The molecule has 1 aromatic heterocycles. The summed E-state index contributed by atoms with van der Waals surface area (Å²) in [6, 6.07) is 5.10. The molecule has 0 saturated carbocycles. The minimum atomic E-state index is -0.0489. The predicted octanol–water partition coefficient (Wildman–Crippen LogP) is 2.55. The van der Waals surface area contributed by atoms with E-state index < -0.39 is 0 Å². The zero-order chi connectivity index (χ0) is 14.3. The third-order valence-electron chi connectivity index (χ3n) is 3.16. The molecule has 2 N–H and O–H groups in total. The number of nitrogens with one attached hydrogen (secondary N) is 1. The Morgan fingerprint density at radius 3 is 3.10 bits per heavy atom. The highest BCUT2D eigenvalue weighted by molar-refractivity contribution is 8.00. The zero-order valence-corrected chi connectivity index (χ0v) is 12.2. The number of carbonyl (C=O) groups is 1. The van der Waals surface area contributed by atoms with Crippen molar-refractivity contribution in [3.8, 4) is 5.75 Å². The van der Waals surface area contributed by atoms with Crippen LogP contribution in [0.15, 0.2) is 24.4 Å². The van der Waals surface area contributed by atoms with Gasteiger partial charge in [0, 0.05) is 12.6 Å². The van der Waals surface area contributed by atoms with Gasteiger partial charge >= 0.3 is 0 Å². The first-order valence-electron chi connectivity index (χ1n) is 5.98. The Kier molecular flexibility index (Phi) is 3.35. The summed E-state index contributed by atoms with van der Waals surface area (Å²) < 4.78 is 1.65. The van der Waals surface area contributed by atoms with Crippen LogP contribution in [0.1, 0.15) is 16.4 Å². The van der Waals surface area contributed by atoms with Crippen LogP contribution in [0.5, 0.6) is 5.75 Å². The largest absolute Gasteiger partial charge is 0.506 e. The van der Waals surface area contributed by atoms with E-state index in [0.717, 1.165) is 11.1 Å². The quantitative estimate of drug-likeness (QED) is 0.849. The smallest absolute Gasteiger partial charge is 0.235 e. The van der Waals surface area contributed by atoms with Gasteiger partial charge in [0.2, 0.25) is 5.91 Å². The number of rotatable bonds is 1. The van der Waals surface area contributed by atoms with Crippen LogP contribution in [0.2, 0.25) is 5.02 Å². The monoisotopic (exact) mass is 309 g/mol. The van der Waals surface area contributed by atoms with Gasteiger partial charge in [-0.05, 0) is 17.7 Å². The van der Waals surface area contributed by atoms with E-state index >= 15 is 0 Å². The summed E-state index contributed by atoms with van der Waals surface area (Å²) in [5.74, 6) is 1.06. The molecule has 0 radical (unpaired) electrons. The van der Waals surface area contributed by atoms with Crippen molar-refractivity contribution in [1.29, 1.82) is 0 Å². The van der Waals surface area contributed by atoms with E-state index in [2.05, 4.69) is 10.4 Å². The number of aryl methyl sites for hydroxylation is 1. The Hall–Kier alpha value is -1.66. The summed E-state index contributed by atoms with van der Waals surface area (Å²) >= 11 is 7.48. The fraction of sp³-hybridized carbons (Fsp3) is 0.231. The first kappa shape index (κ1) is 13.3. The molecule has 1 aliphatic heterocycles. The number of anilines is 1. The number of phenols is 1. The minimum absolute atomic E-state index is 0.0456. The van der Waals surface area contributed by atoms with E-state index in [1.54, 1.807) is 30.1 Å². The first-order valence-corrected chi connectivity index (χ1v) is 7.40. The van der Waals surface area contributed by atoms with Crippen LogP contribution in [0.3, 0.4) is 0 Å². The Balaban J connectivity index is 2.08. The average Bonchev–Trinajstić information content (AvgIpc) is 2.67. The van der Waals surface area contributed by atoms with Gasteiger partial charge in [-0.1, -0.05) is 17.7 Å². The molecule has 0 aliphatic carbocycles. The Morgan fingerprint density at radius 2 is 2.35 bits per heavy atom. The summed E-state index contributed by atoms with van der Waals surface area (Å²) in [6.07, 6.45) is 1.75. The molecular weight excluding hydrogens is 298 g/mol. The maximum absolute atomic E-state index is 11.8. The van der Waals surface area contributed by atoms with Crippen LogP contribution >= 0.6 is 23.4 Å². The van der Waals surface area contributed by atoms with Gasteiger partial charge in [-0.3, -0.25) is 9.48 Å². The molecule has 2 heterocycles. The number of hydrogen-bond acceptors (Lipinski definition) is 4. The van der Waals surface area contributed by atoms with Crippen molar-refractivity contribution in [2.24, 2.45) is 7.05 Å². The van der Waals surface area contributed by atoms with Gasteiger partial charge in [-0.15, -0.1) is 11.8 Å². The highest BCUT2D eigenvalue weighted by Gasteiger charge is 2.27. The lowest BCUT2D eigenvalue weighted by molar-refractivity contribution is -0.113. The second-order valence-electron chi connectivity index (χ2n) is 4.52. The lowest BCUT2D eigenvalue weighted by Crippen LogP contribution is -2.15. The maximum Gasteiger partial charge on any atom is 0.235 e. The number of fused-ring (bicyclic) bond motifs is 1. The molecule has 1 atom stereocenters. The van der Waals surface area contributed by atoms with Gasteiger partial charge < -0.3 is 10.4 Å². The number of aromatic hydroxyl groups is 1. The van der Waals surface area contributed by atoms with Crippen molar-refractivity contribution in [2.75, 3.05) is 11.1 Å².